The fourth-order valence-corrected chi connectivity index (χ4v) is 2.36. The molecule has 0 aliphatic carbocycles. The molecule has 1 rings (SSSR count). The van der Waals surface area contributed by atoms with Crippen molar-refractivity contribution in [2.45, 2.75) is 52.2 Å². The number of hydrogen-bond acceptors (Lipinski definition) is 2. The van der Waals surface area contributed by atoms with Gasteiger partial charge in [0.2, 0.25) is 0 Å². The summed E-state index contributed by atoms with van der Waals surface area (Å²) in [5.41, 5.74) is 2.33. The van der Waals surface area contributed by atoms with Gasteiger partial charge in [-0.25, -0.2) is 0 Å². The van der Waals surface area contributed by atoms with Gasteiger partial charge in [0.25, 0.3) is 0 Å². The lowest BCUT2D eigenvalue weighted by atomic mass is 9.97. The zero-order valence-corrected chi connectivity index (χ0v) is 12.8. The predicted octanol–water partition coefficient (Wildman–Crippen LogP) is 4.34. The first-order valence-electron chi connectivity index (χ1n) is 7.58. The highest BCUT2D eigenvalue weighted by Crippen LogP contribution is 2.17. The third-order valence-electron chi connectivity index (χ3n) is 3.30. The Morgan fingerprint density at radius 2 is 1.95 bits per heavy atom. The van der Waals surface area contributed by atoms with Crippen molar-refractivity contribution in [2.75, 3.05) is 6.61 Å². The van der Waals surface area contributed by atoms with Crippen LogP contribution in [-0.4, -0.2) is 17.8 Å². The van der Waals surface area contributed by atoms with Gasteiger partial charge in [-0.05, 0) is 30.7 Å². The van der Waals surface area contributed by atoms with E-state index in [1.54, 1.807) is 0 Å². The Kier molecular flexibility index (Phi) is 8.24. The first kappa shape index (κ1) is 16.9. The van der Waals surface area contributed by atoms with Crippen molar-refractivity contribution >= 4 is 0 Å². The number of hydrogen-bond donors (Lipinski definition) is 1. The molecule has 0 heterocycles. The SMILES string of the molecule is C=C(C[C@@H](C)COCc1ccccc1)C[C@H](O)CCC. The van der Waals surface area contributed by atoms with Gasteiger partial charge in [-0.1, -0.05) is 62.8 Å². The molecule has 20 heavy (non-hydrogen) atoms. The fraction of sp³-hybridized carbons (Fsp3) is 0.556. The molecule has 1 aromatic rings. The van der Waals surface area contributed by atoms with Crippen molar-refractivity contribution in [1.29, 1.82) is 0 Å². The summed E-state index contributed by atoms with van der Waals surface area (Å²) in [5.74, 6) is 0.444. The maximum atomic E-state index is 9.77. The van der Waals surface area contributed by atoms with Gasteiger partial charge in [0.05, 0.1) is 12.7 Å². The van der Waals surface area contributed by atoms with Gasteiger partial charge < -0.3 is 9.84 Å². The molecular weight excluding hydrogens is 248 g/mol. The van der Waals surface area contributed by atoms with Gasteiger partial charge in [-0.3, -0.25) is 0 Å². The van der Waals surface area contributed by atoms with Crippen LogP contribution in [0.3, 0.4) is 0 Å². The molecule has 0 bridgehead atoms. The Hall–Kier alpha value is -1.12. The molecule has 0 aliphatic rings. The largest absolute Gasteiger partial charge is 0.393 e. The zero-order chi connectivity index (χ0) is 14.8. The van der Waals surface area contributed by atoms with E-state index < -0.39 is 0 Å². The Labute approximate surface area is 123 Å². The third-order valence-corrected chi connectivity index (χ3v) is 3.30. The van der Waals surface area contributed by atoms with Crippen molar-refractivity contribution in [3.05, 3.63) is 48.0 Å². The molecule has 0 aliphatic heterocycles. The van der Waals surface area contributed by atoms with E-state index in [1.165, 1.54) is 5.56 Å². The lowest BCUT2D eigenvalue weighted by Gasteiger charge is -2.16. The molecule has 0 unspecified atom stereocenters. The summed E-state index contributed by atoms with van der Waals surface area (Å²) >= 11 is 0. The fourth-order valence-electron chi connectivity index (χ4n) is 2.36. The summed E-state index contributed by atoms with van der Waals surface area (Å²) < 4.78 is 5.73. The van der Waals surface area contributed by atoms with E-state index in [4.69, 9.17) is 4.74 Å². The van der Waals surface area contributed by atoms with Crippen LogP contribution >= 0.6 is 0 Å². The molecule has 0 radical (unpaired) electrons. The monoisotopic (exact) mass is 276 g/mol. The first-order valence-corrected chi connectivity index (χ1v) is 7.58. The highest BCUT2D eigenvalue weighted by molar-refractivity contribution is 5.13. The molecule has 0 amide bonds. The molecular formula is C18H28O2. The van der Waals surface area contributed by atoms with Crippen molar-refractivity contribution in [3.8, 4) is 0 Å². The summed E-state index contributed by atoms with van der Waals surface area (Å²) in [7, 11) is 0. The number of aliphatic hydroxyl groups excluding tert-OH is 1. The number of rotatable bonds is 10. The predicted molar refractivity (Wildman–Crippen MR) is 84.6 cm³/mol. The van der Waals surface area contributed by atoms with Crippen molar-refractivity contribution in [3.63, 3.8) is 0 Å². The molecule has 2 atom stereocenters. The smallest absolute Gasteiger partial charge is 0.0717 e. The van der Waals surface area contributed by atoms with Crippen LogP contribution in [0.25, 0.3) is 0 Å². The van der Waals surface area contributed by atoms with Gasteiger partial charge in [0.15, 0.2) is 0 Å². The van der Waals surface area contributed by atoms with E-state index >= 15 is 0 Å². The minimum Gasteiger partial charge on any atom is -0.393 e. The van der Waals surface area contributed by atoms with Crippen LogP contribution in [0.1, 0.15) is 45.1 Å². The van der Waals surface area contributed by atoms with E-state index in [0.717, 1.165) is 37.9 Å². The highest BCUT2D eigenvalue weighted by atomic mass is 16.5. The molecule has 0 saturated carbocycles. The maximum Gasteiger partial charge on any atom is 0.0717 e. The molecule has 2 heteroatoms. The highest BCUT2D eigenvalue weighted by Gasteiger charge is 2.09. The summed E-state index contributed by atoms with van der Waals surface area (Å²) in [4.78, 5) is 0. The second kappa shape index (κ2) is 9.73. The molecule has 0 spiro atoms. The first-order chi connectivity index (χ1) is 9.61. The molecule has 0 fully saturated rings. The normalized spacial score (nSPS) is 13.9. The van der Waals surface area contributed by atoms with Crippen LogP contribution in [0, 0.1) is 5.92 Å². The summed E-state index contributed by atoms with van der Waals surface area (Å²) in [6.45, 7) is 9.72. The van der Waals surface area contributed by atoms with Crippen LogP contribution in [0.4, 0.5) is 0 Å². The summed E-state index contributed by atoms with van der Waals surface area (Å²) in [6, 6.07) is 10.2. The standard InChI is InChI=1S/C18H28O2/c1-4-8-18(19)12-15(2)11-16(3)13-20-14-17-9-6-5-7-10-17/h5-7,9-10,16,18-19H,2,4,8,11-14H2,1,3H3/t16-,18-/m1/s1. The Balaban J connectivity index is 2.16. The van der Waals surface area contributed by atoms with Crippen LogP contribution in [0.2, 0.25) is 0 Å². The maximum absolute atomic E-state index is 9.77. The van der Waals surface area contributed by atoms with E-state index in [9.17, 15) is 5.11 Å². The van der Waals surface area contributed by atoms with Crippen molar-refractivity contribution in [1.82, 2.24) is 0 Å². The van der Waals surface area contributed by atoms with Crippen LogP contribution in [-0.2, 0) is 11.3 Å². The van der Waals surface area contributed by atoms with Crippen LogP contribution in [0.5, 0.6) is 0 Å². The van der Waals surface area contributed by atoms with Gasteiger partial charge >= 0.3 is 0 Å². The van der Waals surface area contributed by atoms with E-state index in [0.29, 0.717) is 12.5 Å². The van der Waals surface area contributed by atoms with E-state index in [-0.39, 0.29) is 6.10 Å². The van der Waals surface area contributed by atoms with Gasteiger partial charge in [0, 0.05) is 6.61 Å². The third kappa shape index (κ3) is 7.46. The average Bonchev–Trinajstić information content (AvgIpc) is 2.39. The molecule has 112 valence electrons. The Bertz CT molecular complexity index is 372. The Morgan fingerprint density at radius 1 is 1.25 bits per heavy atom. The molecule has 2 nitrogen and oxygen atoms in total. The second-order valence-corrected chi connectivity index (χ2v) is 5.71. The summed E-state index contributed by atoms with van der Waals surface area (Å²) in [5, 5.41) is 9.77. The van der Waals surface area contributed by atoms with Gasteiger partial charge in [0.1, 0.15) is 0 Å². The topological polar surface area (TPSA) is 29.5 Å². The number of ether oxygens (including phenoxy) is 1. The van der Waals surface area contributed by atoms with E-state index in [2.05, 4.69) is 32.6 Å². The van der Waals surface area contributed by atoms with Crippen molar-refractivity contribution < 1.29 is 9.84 Å². The number of benzene rings is 1. The molecule has 1 N–H and O–H groups in total. The molecule has 1 aromatic carbocycles. The van der Waals surface area contributed by atoms with Crippen LogP contribution < -0.4 is 0 Å². The quantitative estimate of drug-likeness (QED) is 0.644. The summed E-state index contributed by atoms with van der Waals surface area (Å²) in [6.07, 6.45) is 3.29. The Morgan fingerprint density at radius 3 is 2.60 bits per heavy atom. The van der Waals surface area contributed by atoms with Gasteiger partial charge in [-0.15, -0.1) is 0 Å². The van der Waals surface area contributed by atoms with Crippen molar-refractivity contribution in [2.24, 2.45) is 5.92 Å². The minimum absolute atomic E-state index is 0.232. The average molecular weight is 276 g/mol. The van der Waals surface area contributed by atoms with E-state index in [1.807, 2.05) is 18.2 Å². The number of aliphatic hydroxyl groups is 1. The van der Waals surface area contributed by atoms with Crippen LogP contribution in [0.15, 0.2) is 42.5 Å². The molecule has 0 saturated heterocycles. The van der Waals surface area contributed by atoms with Gasteiger partial charge in [-0.2, -0.15) is 0 Å². The molecule has 0 aromatic heterocycles. The lowest BCUT2D eigenvalue weighted by Crippen LogP contribution is -2.11. The minimum atomic E-state index is -0.232. The zero-order valence-electron chi connectivity index (χ0n) is 12.8. The second-order valence-electron chi connectivity index (χ2n) is 5.71. The lowest BCUT2D eigenvalue weighted by molar-refractivity contribution is 0.0908.